The average molecular weight is 372 g/mol. The number of benzene rings is 2. The van der Waals surface area contributed by atoms with E-state index in [0.717, 1.165) is 25.3 Å². The second kappa shape index (κ2) is 7.51. The first-order valence-corrected chi connectivity index (χ1v) is 7.19. The summed E-state index contributed by atoms with van der Waals surface area (Å²) in [6.45, 7) is -0.196. The average Bonchev–Trinajstić information content (AvgIpc) is 2.58. The summed E-state index contributed by atoms with van der Waals surface area (Å²) in [5.41, 5.74) is -2.14. The number of esters is 1. The molecular weight excluding hydrogens is 359 g/mol. The number of halogens is 5. The number of anilines is 1. The number of hydrogen-bond acceptors (Lipinski definition) is 4. The molecule has 0 radical (unpaired) electrons. The largest absolute Gasteiger partial charge is 0.464 e. The standard InChI is InChI=1S/C17H13F5N2O2/c1-26-16(25)15(23)12-6-10(17(20,21)22)3-5-14(12)24-8-9-2-4-11(18)7-13(9)19/h2-7,23-24H,8H2,1H3. The third-order valence-corrected chi connectivity index (χ3v) is 3.49. The van der Waals surface area contributed by atoms with Crippen molar-refractivity contribution in [3.63, 3.8) is 0 Å². The minimum absolute atomic E-state index is 0.00266. The Labute approximate surface area is 145 Å². The smallest absolute Gasteiger partial charge is 0.416 e. The SMILES string of the molecule is COC(=O)C(=N)c1cc(C(F)(F)F)ccc1NCc1ccc(F)cc1F. The first-order valence-electron chi connectivity index (χ1n) is 7.19. The van der Waals surface area contributed by atoms with E-state index in [4.69, 9.17) is 5.41 Å². The molecule has 0 spiro atoms. The number of ether oxygens (including phenoxy) is 1. The van der Waals surface area contributed by atoms with Gasteiger partial charge in [0, 0.05) is 29.4 Å². The Bertz CT molecular complexity index is 850. The van der Waals surface area contributed by atoms with Crippen LogP contribution >= 0.6 is 0 Å². The van der Waals surface area contributed by atoms with E-state index >= 15 is 0 Å². The van der Waals surface area contributed by atoms with Crippen LogP contribution in [0.4, 0.5) is 27.6 Å². The van der Waals surface area contributed by atoms with E-state index in [0.29, 0.717) is 12.1 Å². The van der Waals surface area contributed by atoms with Crippen molar-refractivity contribution in [3.05, 3.63) is 64.7 Å². The highest BCUT2D eigenvalue weighted by Gasteiger charge is 2.32. The Morgan fingerprint density at radius 1 is 1.15 bits per heavy atom. The summed E-state index contributed by atoms with van der Waals surface area (Å²) in [4.78, 5) is 11.5. The summed E-state index contributed by atoms with van der Waals surface area (Å²) >= 11 is 0. The van der Waals surface area contributed by atoms with Gasteiger partial charge < -0.3 is 10.1 Å². The number of hydrogen-bond donors (Lipinski definition) is 2. The maximum atomic E-state index is 13.7. The molecule has 0 aliphatic rings. The third-order valence-electron chi connectivity index (χ3n) is 3.49. The number of methoxy groups -OCH3 is 1. The van der Waals surface area contributed by atoms with Gasteiger partial charge in [-0.2, -0.15) is 13.2 Å². The summed E-state index contributed by atoms with van der Waals surface area (Å²) in [5.74, 6) is -2.73. The van der Waals surface area contributed by atoms with Crippen molar-refractivity contribution >= 4 is 17.4 Å². The van der Waals surface area contributed by atoms with Gasteiger partial charge in [-0.25, -0.2) is 13.6 Å². The quantitative estimate of drug-likeness (QED) is 0.471. The maximum absolute atomic E-state index is 13.7. The van der Waals surface area contributed by atoms with Crippen molar-refractivity contribution in [3.8, 4) is 0 Å². The van der Waals surface area contributed by atoms with Gasteiger partial charge in [-0.15, -0.1) is 0 Å². The van der Waals surface area contributed by atoms with E-state index < -0.39 is 35.1 Å². The molecule has 0 aromatic heterocycles. The van der Waals surface area contributed by atoms with Crippen LogP contribution in [0.15, 0.2) is 36.4 Å². The Morgan fingerprint density at radius 3 is 2.42 bits per heavy atom. The summed E-state index contributed by atoms with van der Waals surface area (Å²) in [7, 11) is 0.992. The topological polar surface area (TPSA) is 62.2 Å². The molecule has 0 heterocycles. The second-order valence-corrected chi connectivity index (χ2v) is 5.21. The molecule has 26 heavy (non-hydrogen) atoms. The maximum Gasteiger partial charge on any atom is 0.416 e. The Balaban J connectivity index is 2.37. The second-order valence-electron chi connectivity index (χ2n) is 5.21. The van der Waals surface area contributed by atoms with Crippen LogP contribution in [0.1, 0.15) is 16.7 Å². The van der Waals surface area contributed by atoms with E-state index in [1.807, 2.05) is 0 Å². The fourth-order valence-corrected chi connectivity index (χ4v) is 2.15. The molecule has 2 rings (SSSR count). The molecule has 2 aromatic carbocycles. The van der Waals surface area contributed by atoms with Gasteiger partial charge in [-0.3, -0.25) is 5.41 Å². The molecule has 0 amide bonds. The van der Waals surface area contributed by atoms with Crippen LogP contribution in [0.5, 0.6) is 0 Å². The van der Waals surface area contributed by atoms with Gasteiger partial charge in [0.05, 0.1) is 12.7 Å². The monoisotopic (exact) mass is 372 g/mol. The normalized spacial score (nSPS) is 11.2. The highest BCUT2D eigenvalue weighted by Crippen LogP contribution is 2.32. The van der Waals surface area contributed by atoms with Gasteiger partial charge in [0.1, 0.15) is 17.3 Å². The first-order chi connectivity index (χ1) is 12.1. The van der Waals surface area contributed by atoms with Gasteiger partial charge in [0.25, 0.3) is 0 Å². The van der Waals surface area contributed by atoms with E-state index in [9.17, 15) is 26.7 Å². The fourth-order valence-electron chi connectivity index (χ4n) is 2.15. The lowest BCUT2D eigenvalue weighted by Gasteiger charge is -2.15. The lowest BCUT2D eigenvalue weighted by atomic mass is 10.0. The van der Waals surface area contributed by atoms with Crippen molar-refractivity contribution in [1.82, 2.24) is 0 Å². The molecule has 9 heteroatoms. The summed E-state index contributed by atoms with van der Waals surface area (Å²) in [5, 5.41) is 10.4. The van der Waals surface area contributed by atoms with Crippen molar-refractivity contribution in [2.24, 2.45) is 0 Å². The van der Waals surface area contributed by atoms with Gasteiger partial charge in [0.2, 0.25) is 0 Å². The Morgan fingerprint density at radius 2 is 1.85 bits per heavy atom. The molecule has 2 N–H and O–H groups in total. The van der Waals surface area contributed by atoms with Crippen molar-refractivity contribution < 1.29 is 31.5 Å². The molecule has 0 aliphatic heterocycles. The van der Waals surface area contributed by atoms with E-state index in [1.165, 1.54) is 6.07 Å². The molecule has 0 saturated carbocycles. The summed E-state index contributed by atoms with van der Waals surface area (Å²) in [6, 6.07) is 5.29. The number of rotatable bonds is 5. The van der Waals surface area contributed by atoms with Crippen molar-refractivity contribution in [2.75, 3.05) is 12.4 Å². The predicted molar refractivity (Wildman–Crippen MR) is 84.0 cm³/mol. The minimum atomic E-state index is -4.67. The minimum Gasteiger partial charge on any atom is -0.464 e. The zero-order valence-corrected chi connectivity index (χ0v) is 13.4. The molecule has 0 aliphatic carbocycles. The number of alkyl halides is 3. The molecule has 2 aromatic rings. The van der Waals surface area contributed by atoms with Crippen LogP contribution in [0.3, 0.4) is 0 Å². The third kappa shape index (κ3) is 4.35. The number of nitrogens with one attached hydrogen (secondary N) is 2. The van der Waals surface area contributed by atoms with Crippen LogP contribution in [-0.2, 0) is 22.3 Å². The summed E-state index contributed by atoms with van der Waals surface area (Å²) in [6.07, 6.45) is -4.67. The lowest BCUT2D eigenvalue weighted by Crippen LogP contribution is -2.19. The molecule has 4 nitrogen and oxygen atoms in total. The van der Waals surface area contributed by atoms with E-state index in [1.54, 1.807) is 0 Å². The van der Waals surface area contributed by atoms with E-state index in [2.05, 4.69) is 10.1 Å². The van der Waals surface area contributed by atoms with Crippen molar-refractivity contribution in [2.45, 2.75) is 12.7 Å². The van der Waals surface area contributed by atoms with Crippen LogP contribution in [0, 0.1) is 17.0 Å². The molecule has 0 bridgehead atoms. The molecule has 0 fully saturated rings. The van der Waals surface area contributed by atoms with Crippen LogP contribution in [-0.4, -0.2) is 18.8 Å². The Hall–Kier alpha value is -2.97. The van der Waals surface area contributed by atoms with Crippen molar-refractivity contribution in [1.29, 1.82) is 5.41 Å². The zero-order valence-electron chi connectivity index (χ0n) is 13.4. The highest BCUT2D eigenvalue weighted by molar-refractivity contribution is 6.43. The highest BCUT2D eigenvalue weighted by atomic mass is 19.4. The van der Waals surface area contributed by atoms with E-state index in [-0.39, 0.29) is 23.4 Å². The molecule has 0 atom stereocenters. The fraction of sp³-hybridized carbons (Fsp3) is 0.176. The Kier molecular flexibility index (Phi) is 5.59. The molecule has 0 saturated heterocycles. The lowest BCUT2D eigenvalue weighted by molar-refractivity contribution is -0.137. The molecular formula is C17H13F5N2O2. The van der Waals surface area contributed by atoms with Crippen LogP contribution in [0.25, 0.3) is 0 Å². The van der Waals surface area contributed by atoms with Gasteiger partial charge in [-0.05, 0) is 24.3 Å². The van der Waals surface area contributed by atoms with Gasteiger partial charge in [-0.1, -0.05) is 6.07 Å². The van der Waals surface area contributed by atoms with Crippen LogP contribution in [0.2, 0.25) is 0 Å². The predicted octanol–water partition coefficient (Wildman–Crippen LogP) is 4.14. The molecule has 0 unspecified atom stereocenters. The number of carbonyl (C=O) groups excluding carboxylic acids is 1. The summed E-state index contributed by atoms with van der Waals surface area (Å²) < 4.78 is 69.6. The van der Waals surface area contributed by atoms with Gasteiger partial charge in [0.15, 0.2) is 0 Å². The first kappa shape index (κ1) is 19.4. The number of carbonyl (C=O) groups is 1. The zero-order chi connectivity index (χ0) is 19.5. The van der Waals surface area contributed by atoms with Gasteiger partial charge >= 0.3 is 12.1 Å². The van der Waals surface area contributed by atoms with Crippen LogP contribution < -0.4 is 5.32 Å². The molecule has 138 valence electrons.